The van der Waals surface area contributed by atoms with E-state index in [-0.39, 0.29) is 11.8 Å². The van der Waals surface area contributed by atoms with Crippen LogP contribution < -0.4 is 10.1 Å². The fourth-order valence-electron chi connectivity index (χ4n) is 4.34. The molecule has 4 aromatic rings. The first-order valence-corrected chi connectivity index (χ1v) is 12.0. The third-order valence-electron chi connectivity index (χ3n) is 6.30. The zero-order chi connectivity index (χ0) is 24.9. The molecule has 8 nitrogen and oxygen atoms in total. The van der Waals surface area contributed by atoms with Crippen LogP contribution in [0.5, 0.6) is 5.75 Å². The minimum Gasteiger partial charge on any atom is -0.496 e. The van der Waals surface area contributed by atoms with Crippen LogP contribution >= 0.6 is 0 Å². The topological polar surface area (TPSA) is 96.5 Å². The van der Waals surface area contributed by atoms with Gasteiger partial charge in [0.25, 0.3) is 5.91 Å². The van der Waals surface area contributed by atoms with Crippen molar-refractivity contribution >= 4 is 28.5 Å². The van der Waals surface area contributed by atoms with Crippen molar-refractivity contribution in [1.82, 2.24) is 14.9 Å². The Morgan fingerprint density at radius 1 is 1.06 bits per heavy atom. The first-order valence-electron chi connectivity index (χ1n) is 12.0. The van der Waals surface area contributed by atoms with Gasteiger partial charge < -0.3 is 24.7 Å². The summed E-state index contributed by atoms with van der Waals surface area (Å²) >= 11 is 0. The second-order valence-corrected chi connectivity index (χ2v) is 8.66. The molecule has 3 aromatic carbocycles. The molecule has 0 spiro atoms. The first-order chi connectivity index (χ1) is 17.6. The van der Waals surface area contributed by atoms with Gasteiger partial charge in [-0.3, -0.25) is 9.59 Å². The second-order valence-electron chi connectivity index (χ2n) is 8.66. The number of hydrogen-bond acceptors (Lipinski definition) is 5. The molecule has 5 rings (SSSR count). The Morgan fingerprint density at radius 2 is 1.89 bits per heavy atom. The van der Waals surface area contributed by atoms with Crippen LogP contribution in [0.1, 0.15) is 22.3 Å². The third-order valence-corrected chi connectivity index (χ3v) is 6.30. The smallest absolute Gasteiger partial charge is 0.255 e. The highest BCUT2D eigenvalue weighted by molar-refractivity contribution is 6.04. The number of rotatable bonds is 7. The van der Waals surface area contributed by atoms with E-state index in [0.717, 1.165) is 28.0 Å². The number of methoxy groups -OCH3 is 1. The van der Waals surface area contributed by atoms with Gasteiger partial charge in [0, 0.05) is 36.3 Å². The number of benzene rings is 3. The van der Waals surface area contributed by atoms with Crippen LogP contribution in [-0.4, -0.2) is 60.1 Å². The Morgan fingerprint density at radius 3 is 2.69 bits per heavy atom. The van der Waals surface area contributed by atoms with Crippen LogP contribution in [0.25, 0.3) is 22.4 Å². The van der Waals surface area contributed by atoms with E-state index in [4.69, 9.17) is 9.47 Å². The zero-order valence-corrected chi connectivity index (χ0v) is 20.1. The largest absolute Gasteiger partial charge is 0.496 e. The summed E-state index contributed by atoms with van der Waals surface area (Å²) in [7, 11) is 1.57. The Balaban J connectivity index is 1.26. The molecule has 0 aliphatic carbocycles. The number of amides is 2. The summed E-state index contributed by atoms with van der Waals surface area (Å²) in [5.41, 5.74) is 4.76. The summed E-state index contributed by atoms with van der Waals surface area (Å²) in [6.45, 7) is 2.43. The molecule has 184 valence electrons. The number of fused-ring (bicyclic) bond motifs is 1. The van der Waals surface area contributed by atoms with Gasteiger partial charge >= 0.3 is 0 Å². The van der Waals surface area contributed by atoms with Crippen molar-refractivity contribution in [1.29, 1.82) is 0 Å². The Kier molecular flexibility index (Phi) is 6.95. The molecule has 8 heteroatoms. The number of hydrogen-bond donors (Lipinski definition) is 2. The lowest BCUT2D eigenvalue weighted by molar-refractivity contribution is -0.135. The van der Waals surface area contributed by atoms with E-state index in [1.165, 1.54) is 0 Å². The fourth-order valence-corrected chi connectivity index (χ4v) is 4.34. The molecule has 2 heterocycles. The molecule has 0 unspecified atom stereocenters. The number of anilines is 1. The predicted octanol–water partition coefficient (Wildman–Crippen LogP) is 4.28. The molecular formula is C28H28N4O4. The van der Waals surface area contributed by atoms with Gasteiger partial charge in [0.2, 0.25) is 5.91 Å². The van der Waals surface area contributed by atoms with Crippen LogP contribution in [0.15, 0.2) is 66.7 Å². The van der Waals surface area contributed by atoms with Crippen LogP contribution in [-0.2, 0) is 16.0 Å². The average Bonchev–Trinajstić information content (AvgIpc) is 3.37. The molecule has 36 heavy (non-hydrogen) atoms. The van der Waals surface area contributed by atoms with Gasteiger partial charge in [0.1, 0.15) is 11.6 Å². The van der Waals surface area contributed by atoms with Crippen LogP contribution in [0, 0.1) is 0 Å². The molecule has 1 fully saturated rings. The van der Waals surface area contributed by atoms with E-state index in [9.17, 15) is 9.59 Å². The SMILES string of the molecule is COc1cc(C(=O)Nc2cccc(-c3nc4ccccc4[nH]3)c2)ccc1CCC(=O)N1CCOCC1. The van der Waals surface area contributed by atoms with E-state index in [1.807, 2.05) is 59.5 Å². The Hall–Kier alpha value is -4.17. The van der Waals surface area contributed by atoms with E-state index >= 15 is 0 Å². The zero-order valence-electron chi connectivity index (χ0n) is 20.1. The molecule has 0 bridgehead atoms. The molecule has 1 saturated heterocycles. The number of aromatic amines is 1. The van der Waals surface area contributed by atoms with Gasteiger partial charge in [-0.1, -0.05) is 30.3 Å². The second kappa shape index (κ2) is 10.6. The lowest BCUT2D eigenvalue weighted by Crippen LogP contribution is -2.40. The molecule has 0 radical (unpaired) electrons. The van der Waals surface area contributed by atoms with E-state index in [1.54, 1.807) is 19.2 Å². The van der Waals surface area contributed by atoms with Crippen molar-refractivity contribution in [3.05, 3.63) is 77.9 Å². The number of morpholine rings is 1. The predicted molar refractivity (Wildman–Crippen MR) is 138 cm³/mol. The number of H-pyrrole nitrogens is 1. The van der Waals surface area contributed by atoms with Crippen molar-refractivity contribution in [2.45, 2.75) is 12.8 Å². The highest BCUT2D eigenvalue weighted by Crippen LogP contribution is 2.25. The third kappa shape index (κ3) is 5.23. The van der Waals surface area contributed by atoms with Gasteiger partial charge in [-0.15, -0.1) is 0 Å². The normalized spacial score (nSPS) is 13.5. The summed E-state index contributed by atoms with van der Waals surface area (Å²) in [5, 5.41) is 2.96. The Bertz CT molecular complexity index is 1360. The number of carbonyl (C=O) groups is 2. The van der Waals surface area contributed by atoms with Crippen molar-refractivity contribution in [2.75, 3.05) is 38.7 Å². The van der Waals surface area contributed by atoms with Gasteiger partial charge in [-0.25, -0.2) is 4.98 Å². The van der Waals surface area contributed by atoms with Crippen LogP contribution in [0.2, 0.25) is 0 Å². The number of aryl methyl sites for hydroxylation is 1. The van der Waals surface area contributed by atoms with Crippen molar-refractivity contribution < 1.29 is 19.1 Å². The molecule has 1 aliphatic heterocycles. The van der Waals surface area contributed by atoms with E-state index in [0.29, 0.717) is 56.1 Å². The standard InChI is InChI=1S/C28H28N4O4/c1-35-25-18-21(10-9-19(25)11-12-26(33)32-13-15-36-16-14-32)28(34)29-22-6-4-5-20(17-22)27-30-23-7-2-3-8-24(23)31-27/h2-10,17-18H,11-16H2,1H3,(H,29,34)(H,30,31). The van der Waals surface area contributed by atoms with Gasteiger partial charge in [-0.2, -0.15) is 0 Å². The lowest BCUT2D eigenvalue weighted by atomic mass is 10.0. The minimum absolute atomic E-state index is 0.103. The first kappa shape index (κ1) is 23.6. The molecular weight excluding hydrogens is 456 g/mol. The van der Waals surface area contributed by atoms with Gasteiger partial charge in [0.15, 0.2) is 0 Å². The van der Waals surface area contributed by atoms with Crippen molar-refractivity contribution in [2.24, 2.45) is 0 Å². The number of para-hydroxylation sites is 2. The molecule has 2 N–H and O–H groups in total. The number of nitrogens with one attached hydrogen (secondary N) is 2. The highest BCUT2D eigenvalue weighted by Gasteiger charge is 2.18. The average molecular weight is 485 g/mol. The van der Waals surface area contributed by atoms with Crippen LogP contribution in [0.3, 0.4) is 0 Å². The number of nitrogens with zero attached hydrogens (tertiary/aromatic N) is 2. The molecule has 0 saturated carbocycles. The van der Waals surface area contributed by atoms with Gasteiger partial charge in [0.05, 0.1) is 31.4 Å². The summed E-state index contributed by atoms with van der Waals surface area (Å²) in [4.78, 5) is 35.3. The maximum absolute atomic E-state index is 13.0. The van der Waals surface area contributed by atoms with Crippen molar-refractivity contribution in [3.63, 3.8) is 0 Å². The number of imidazole rings is 1. The van der Waals surface area contributed by atoms with E-state index in [2.05, 4.69) is 15.3 Å². The lowest BCUT2D eigenvalue weighted by Gasteiger charge is -2.27. The fraction of sp³-hybridized carbons (Fsp3) is 0.250. The summed E-state index contributed by atoms with van der Waals surface area (Å²) in [5.74, 6) is 1.19. The van der Waals surface area contributed by atoms with Crippen molar-refractivity contribution in [3.8, 4) is 17.1 Å². The maximum atomic E-state index is 13.0. The molecule has 0 atom stereocenters. The molecule has 1 aliphatic rings. The monoisotopic (exact) mass is 484 g/mol. The Labute approximate surface area is 209 Å². The van der Waals surface area contributed by atoms with Crippen LogP contribution in [0.4, 0.5) is 5.69 Å². The highest BCUT2D eigenvalue weighted by atomic mass is 16.5. The summed E-state index contributed by atoms with van der Waals surface area (Å²) in [6.07, 6.45) is 0.928. The minimum atomic E-state index is -0.244. The molecule has 2 amide bonds. The van der Waals surface area contributed by atoms with E-state index < -0.39 is 0 Å². The number of carbonyl (C=O) groups excluding carboxylic acids is 2. The molecule has 1 aromatic heterocycles. The van der Waals surface area contributed by atoms with Gasteiger partial charge in [-0.05, 0) is 48.4 Å². The summed E-state index contributed by atoms with van der Waals surface area (Å²) in [6, 6.07) is 20.7. The number of aromatic nitrogens is 2. The number of ether oxygens (including phenoxy) is 2. The maximum Gasteiger partial charge on any atom is 0.255 e. The summed E-state index contributed by atoms with van der Waals surface area (Å²) < 4.78 is 10.8. The quantitative estimate of drug-likeness (QED) is 0.408.